The Morgan fingerprint density at radius 1 is 0.500 bits per heavy atom. The molecular formula is C18H42N4O10. The molecule has 0 spiro atoms. The molecule has 0 saturated carbocycles. The van der Waals surface area contributed by atoms with Gasteiger partial charge in [-0.05, 0) is 0 Å². The van der Waals surface area contributed by atoms with Crippen LogP contribution >= 0.6 is 0 Å². The molecule has 194 valence electrons. The lowest BCUT2D eigenvalue weighted by atomic mass is 10.0. The zero-order valence-electron chi connectivity index (χ0n) is 18.3. The van der Waals surface area contributed by atoms with E-state index in [1.807, 2.05) is 0 Å². The van der Waals surface area contributed by atoms with Crippen LogP contribution in [0.15, 0.2) is 0 Å². The van der Waals surface area contributed by atoms with Crippen LogP contribution in [0.3, 0.4) is 0 Å². The maximum Gasteiger partial charge on any atom is 0.114 e. The highest BCUT2D eigenvalue weighted by Gasteiger charge is 2.35. The Labute approximate surface area is 188 Å². The minimum atomic E-state index is -1.52. The van der Waals surface area contributed by atoms with E-state index in [1.54, 1.807) is 0 Å². The molecule has 0 rings (SSSR count). The van der Waals surface area contributed by atoms with E-state index < -0.39 is 48.8 Å². The predicted octanol–water partition coefficient (Wildman–Crippen LogP) is -6.21. The number of ether oxygens (including phenoxy) is 4. The average molecular weight is 475 g/mol. The van der Waals surface area contributed by atoms with Crippen molar-refractivity contribution in [2.75, 3.05) is 65.8 Å². The molecule has 0 aliphatic carbocycles. The van der Waals surface area contributed by atoms with Crippen molar-refractivity contribution in [1.82, 2.24) is 0 Å². The second-order valence-electron chi connectivity index (χ2n) is 7.36. The number of aliphatic hydroxyl groups excluding tert-OH is 6. The van der Waals surface area contributed by atoms with Gasteiger partial charge in [0.15, 0.2) is 0 Å². The van der Waals surface area contributed by atoms with Crippen LogP contribution in [0.2, 0.25) is 0 Å². The van der Waals surface area contributed by atoms with Crippen molar-refractivity contribution in [2.24, 2.45) is 22.9 Å². The zero-order chi connectivity index (χ0) is 24.5. The summed E-state index contributed by atoms with van der Waals surface area (Å²) in [5.74, 6) is 0. The normalized spacial score (nSPS) is 19.7. The smallest absolute Gasteiger partial charge is 0.114 e. The molecule has 8 atom stereocenters. The number of hydrogen-bond acceptors (Lipinski definition) is 14. The second kappa shape index (κ2) is 18.8. The minimum Gasteiger partial charge on any atom is -0.389 e. The van der Waals surface area contributed by atoms with Gasteiger partial charge in [0.1, 0.15) is 24.4 Å². The fraction of sp³-hybridized carbons (Fsp3) is 1.00. The standard InChI is InChI=1S/C18H42N4O10/c19-1-11(23)5-29-9-15(27)18(32-8-14(26)4-22)17(28)16(31-7-13(25)3-21)10-30-6-12(24)2-20/h11-18,23-28H,1-10,19-22H2. The Morgan fingerprint density at radius 2 is 0.906 bits per heavy atom. The van der Waals surface area contributed by atoms with E-state index in [4.69, 9.17) is 41.9 Å². The van der Waals surface area contributed by atoms with Crippen molar-refractivity contribution in [3.63, 3.8) is 0 Å². The monoisotopic (exact) mass is 474 g/mol. The van der Waals surface area contributed by atoms with E-state index in [1.165, 1.54) is 0 Å². The molecule has 0 bridgehead atoms. The van der Waals surface area contributed by atoms with Crippen LogP contribution < -0.4 is 22.9 Å². The number of nitrogens with two attached hydrogens (primary N) is 4. The van der Waals surface area contributed by atoms with Crippen molar-refractivity contribution >= 4 is 0 Å². The van der Waals surface area contributed by atoms with Crippen LogP contribution in [0.1, 0.15) is 0 Å². The third-order valence-corrected chi connectivity index (χ3v) is 4.36. The van der Waals surface area contributed by atoms with E-state index in [0.29, 0.717) is 0 Å². The Morgan fingerprint density at radius 3 is 1.38 bits per heavy atom. The molecule has 0 heterocycles. The second-order valence-corrected chi connectivity index (χ2v) is 7.36. The Hall–Kier alpha value is -0.560. The van der Waals surface area contributed by atoms with Gasteiger partial charge in [-0.25, -0.2) is 0 Å². The average Bonchev–Trinajstić information content (AvgIpc) is 2.79. The zero-order valence-corrected chi connectivity index (χ0v) is 18.3. The molecule has 0 aromatic heterocycles. The fourth-order valence-electron chi connectivity index (χ4n) is 2.36. The summed E-state index contributed by atoms with van der Waals surface area (Å²) < 4.78 is 21.5. The van der Waals surface area contributed by atoms with Crippen molar-refractivity contribution in [3.05, 3.63) is 0 Å². The highest BCUT2D eigenvalue weighted by Crippen LogP contribution is 2.15. The van der Waals surface area contributed by atoms with Gasteiger partial charge in [-0.1, -0.05) is 0 Å². The van der Waals surface area contributed by atoms with Gasteiger partial charge >= 0.3 is 0 Å². The molecule has 0 fully saturated rings. The molecule has 14 heteroatoms. The summed E-state index contributed by atoms with van der Waals surface area (Å²) in [6.07, 6.45) is -9.28. The molecule has 0 amide bonds. The van der Waals surface area contributed by atoms with Crippen LogP contribution in [0, 0.1) is 0 Å². The van der Waals surface area contributed by atoms with E-state index in [9.17, 15) is 30.6 Å². The van der Waals surface area contributed by atoms with Gasteiger partial charge in [-0.2, -0.15) is 0 Å². The largest absolute Gasteiger partial charge is 0.389 e. The molecule has 0 saturated heterocycles. The van der Waals surface area contributed by atoms with Crippen molar-refractivity contribution in [2.45, 2.75) is 48.8 Å². The lowest BCUT2D eigenvalue weighted by molar-refractivity contribution is -0.182. The molecule has 0 aliphatic heterocycles. The molecule has 0 aliphatic rings. The first-order chi connectivity index (χ1) is 15.2. The first-order valence-electron chi connectivity index (χ1n) is 10.5. The maximum absolute atomic E-state index is 10.9. The number of rotatable bonds is 21. The SMILES string of the molecule is NCC(O)COCC(O)C(OCC(O)CN)C(O)C(COCC(O)CN)OCC(O)CN. The fourth-order valence-corrected chi connectivity index (χ4v) is 2.36. The first kappa shape index (κ1) is 31.4. The molecule has 8 unspecified atom stereocenters. The van der Waals surface area contributed by atoms with Gasteiger partial charge in [-0.3, -0.25) is 0 Å². The number of hydrogen-bond donors (Lipinski definition) is 10. The van der Waals surface area contributed by atoms with E-state index in [2.05, 4.69) is 0 Å². The van der Waals surface area contributed by atoms with Crippen LogP contribution in [-0.4, -0.2) is 145 Å². The van der Waals surface area contributed by atoms with Crippen molar-refractivity contribution in [3.8, 4) is 0 Å². The third kappa shape index (κ3) is 13.9. The predicted molar refractivity (Wildman–Crippen MR) is 113 cm³/mol. The highest BCUT2D eigenvalue weighted by molar-refractivity contribution is 4.85. The summed E-state index contributed by atoms with van der Waals surface area (Å²) in [5.41, 5.74) is 21.4. The highest BCUT2D eigenvalue weighted by atomic mass is 16.6. The molecule has 0 aromatic rings. The molecular weight excluding hydrogens is 432 g/mol. The molecule has 14 nitrogen and oxygen atoms in total. The van der Waals surface area contributed by atoms with Crippen LogP contribution in [0.25, 0.3) is 0 Å². The van der Waals surface area contributed by atoms with E-state index >= 15 is 0 Å². The van der Waals surface area contributed by atoms with Crippen LogP contribution in [0.4, 0.5) is 0 Å². The van der Waals surface area contributed by atoms with Crippen LogP contribution in [-0.2, 0) is 18.9 Å². The summed E-state index contributed by atoms with van der Waals surface area (Å²) in [6, 6.07) is 0. The molecule has 32 heavy (non-hydrogen) atoms. The summed E-state index contributed by atoms with van der Waals surface area (Å²) in [6.45, 7) is -1.66. The van der Waals surface area contributed by atoms with Gasteiger partial charge in [0, 0.05) is 26.2 Å². The van der Waals surface area contributed by atoms with Gasteiger partial charge < -0.3 is 72.5 Å². The van der Waals surface area contributed by atoms with Crippen LogP contribution in [0.5, 0.6) is 0 Å². The van der Waals surface area contributed by atoms with E-state index in [-0.39, 0.29) is 65.8 Å². The lowest BCUT2D eigenvalue weighted by Gasteiger charge is -2.33. The lowest BCUT2D eigenvalue weighted by Crippen LogP contribution is -2.52. The Kier molecular flexibility index (Phi) is 18.5. The van der Waals surface area contributed by atoms with Gasteiger partial charge in [0.2, 0.25) is 0 Å². The molecule has 0 aromatic carbocycles. The summed E-state index contributed by atoms with van der Waals surface area (Å²) in [7, 11) is 0. The van der Waals surface area contributed by atoms with Gasteiger partial charge in [0.05, 0.1) is 64.1 Å². The first-order valence-corrected chi connectivity index (χ1v) is 10.5. The topological polar surface area (TPSA) is 262 Å². The van der Waals surface area contributed by atoms with E-state index in [0.717, 1.165) is 0 Å². The third-order valence-electron chi connectivity index (χ3n) is 4.36. The minimum absolute atomic E-state index is 0.0343. The van der Waals surface area contributed by atoms with Crippen molar-refractivity contribution < 1.29 is 49.6 Å². The summed E-state index contributed by atoms with van der Waals surface area (Å²) in [5, 5.41) is 59.7. The maximum atomic E-state index is 10.9. The quantitative estimate of drug-likeness (QED) is 0.0742. The number of aliphatic hydroxyl groups is 6. The molecule has 0 radical (unpaired) electrons. The molecule has 14 N–H and O–H groups in total. The Bertz CT molecular complexity index is 443. The summed E-state index contributed by atoms with van der Waals surface area (Å²) in [4.78, 5) is 0. The van der Waals surface area contributed by atoms with Gasteiger partial charge in [-0.15, -0.1) is 0 Å². The summed E-state index contributed by atoms with van der Waals surface area (Å²) >= 11 is 0. The van der Waals surface area contributed by atoms with Crippen molar-refractivity contribution in [1.29, 1.82) is 0 Å². The van der Waals surface area contributed by atoms with Gasteiger partial charge in [0.25, 0.3) is 0 Å². The Balaban J connectivity index is 5.25.